The van der Waals surface area contributed by atoms with Gasteiger partial charge in [-0.2, -0.15) is 0 Å². The third kappa shape index (κ3) is 10.8. The average molecular weight is 985 g/mol. The Morgan fingerprint density at radius 2 is 0.806 bits per heavy atom. The Balaban J connectivity index is 1.23. The topological polar surface area (TPSA) is 433 Å². The summed E-state index contributed by atoms with van der Waals surface area (Å²) in [6.07, 6.45) is -52.6. The molecule has 0 aromatic rings. The Kier molecular flexibility index (Phi) is 18.2. The SMILES string of the molecule is CO[C@H]1[C@@H](O)[C@H]2CO[C@H]3O[C@H](CO[C@H]4O[C@H](CO)[C@H](O)[C@H](O)[C@H]4O[C@H]4O[C@H](CO)[C@H](O[C@H]5O[C@H](CO[C@@H](O2)[C@@H]1O)[C@@H](O)[C@H](O[C@@H]1O[C@@H](C)[C@@H](O)[C@@H](O)[C@@H]1O)[C@@H]5O)[C@H](O)[C@H]4O)[C@H](O)[C@H](OC)[C@H]3O. The summed E-state index contributed by atoms with van der Waals surface area (Å²) in [7, 11) is 2.32. The van der Waals surface area contributed by atoms with Gasteiger partial charge in [0.25, 0.3) is 0 Å². The van der Waals surface area contributed by atoms with Crippen molar-refractivity contribution in [3.8, 4) is 0 Å². The van der Waals surface area contributed by atoms with E-state index in [0.717, 1.165) is 7.11 Å². The maximum absolute atomic E-state index is 11.6. The van der Waals surface area contributed by atoms with Crippen molar-refractivity contribution in [3.05, 3.63) is 0 Å². The second-order valence-corrected chi connectivity index (χ2v) is 17.4. The van der Waals surface area contributed by atoms with Crippen molar-refractivity contribution < 1.29 is 143 Å². The number of ether oxygens (including phenoxy) is 14. The molecule has 30 atom stereocenters. The summed E-state index contributed by atoms with van der Waals surface area (Å²) < 4.78 is 80.5. The first-order valence-electron chi connectivity index (χ1n) is 21.7. The Bertz CT molecular complexity index is 1540. The van der Waals surface area contributed by atoms with E-state index in [1.807, 2.05) is 0 Å². The van der Waals surface area contributed by atoms with Crippen molar-refractivity contribution in [1.29, 1.82) is 0 Å². The molecule has 8 aliphatic heterocycles. The van der Waals surface area contributed by atoms with Crippen LogP contribution in [0.4, 0.5) is 0 Å². The Morgan fingerprint density at radius 1 is 0.373 bits per heavy atom. The summed E-state index contributed by atoms with van der Waals surface area (Å²) >= 11 is 0. The molecule has 29 nitrogen and oxygen atoms in total. The van der Waals surface area contributed by atoms with Crippen LogP contribution in [0.25, 0.3) is 0 Å². The molecule has 8 aliphatic rings. The predicted molar refractivity (Wildman–Crippen MR) is 204 cm³/mol. The molecule has 0 saturated carbocycles. The van der Waals surface area contributed by atoms with Crippen LogP contribution in [0, 0.1) is 0 Å². The van der Waals surface area contributed by atoms with E-state index >= 15 is 0 Å². The molecule has 0 aliphatic carbocycles. The molecule has 8 fully saturated rings. The summed E-state index contributed by atoms with van der Waals surface area (Å²) in [6.45, 7) is -2.58. The van der Waals surface area contributed by atoms with E-state index in [1.54, 1.807) is 0 Å². The van der Waals surface area contributed by atoms with Crippen molar-refractivity contribution in [2.75, 3.05) is 47.3 Å². The largest absolute Gasteiger partial charge is 0.394 e. The van der Waals surface area contributed by atoms with E-state index in [1.165, 1.54) is 14.0 Å². The van der Waals surface area contributed by atoms with E-state index in [9.17, 15) is 76.6 Å². The zero-order valence-electron chi connectivity index (χ0n) is 36.3. The van der Waals surface area contributed by atoms with Crippen LogP contribution in [0.15, 0.2) is 0 Å². The van der Waals surface area contributed by atoms with Gasteiger partial charge in [0.05, 0.1) is 39.1 Å². The lowest BCUT2D eigenvalue weighted by Gasteiger charge is -2.49. The molecule has 67 heavy (non-hydrogen) atoms. The summed E-state index contributed by atoms with van der Waals surface area (Å²) in [6, 6.07) is 0. The number of aliphatic hydroxyl groups excluding tert-OH is 15. The van der Waals surface area contributed by atoms with Crippen molar-refractivity contribution in [2.45, 2.75) is 191 Å². The van der Waals surface area contributed by atoms with Gasteiger partial charge < -0.3 is 143 Å². The molecule has 0 aromatic carbocycles. The molecule has 0 radical (unpaired) electrons. The molecule has 8 heterocycles. The van der Waals surface area contributed by atoms with Crippen LogP contribution in [-0.4, -0.2) is 308 Å². The Morgan fingerprint density at radius 3 is 1.33 bits per heavy atom. The van der Waals surface area contributed by atoms with E-state index in [2.05, 4.69) is 0 Å². The molecule has 15 N–H and O–H groups in total. The molecule has 0 amide bonds. The lowest BCUT2D eigenvalue weighted by atomic mass is 9.95. The summed E-state index contributed by atoms with van der Waals surface area (Å²) in [5.74, 6) is 0. The summed E-state index contributed by atoms with van der Waals surface area (Å²) in [5.41, 5.74) is 0. The van der Waals surface area contributed by atoms with Crippen LogP contribution >= 0.6 is 0 Å². The number of methoxy groups -OCH3 is 2. The van der Waals surface area contributed by atoms with Gasteiger partial charge >= 0.3 is 0 Å². The molecule has 29 heteroatoms. The van der Waals surface area contributed by atoms with Gasteiger partial charge in [0, 0.05) is 14.2 Å². The first-order chi connectivity index (χ1) is 31.8. The highest BCUT2D eigenvalue weighted by atomic mass is 16.8. The van der Waals surface area contributed by atoms with Crippen LogP contribution in [0.3, 0.4) is 0 Å². The van der Waals surface area contributed by atoms with E-state index in [4.69, 9.17) is 66.3 Å². The maximum Gasteiger partial charge on any atom is 0.187 e. The Hall–Kier alpha value is -1.16. The number of fused-ring (bicyclic) bond motifs is 5. The van der Waals surface area contributed by atoms with Crippen molar-refractivity contribution >= 4 is 0 Å². The minimum Gasteiger partial charge on any atom is -0.394 e. The maximum atomic E-state index is 11.6. The molecule has 8 bridgehead atoms. The standard InChI is InChI=1S/C38H64O29/c1-9-15(41)20(46)23(49)35(59-9)66-31-19(45)14-7-57-34-25(51)29(54-2)17(43)12(62-34)6-56-33-26(52)30(55-3)18(44)13(63-33)8-58-38-32(21(47)16(42)10(4-39)60-38)67-36-24(50)22(48)28(11(5-40)61-36)65-37(64-14)27(31)53/h9-53H,4-8H2,1-3H3/t9-,10+,11+,12+,13+,14+,15+,16-,17-,18-,19+,20+,21-,22+,23-,24+,25+,26+,27-,28-,29-,30-,31-,32+,33-,34-,35-,36+,37+,38-/m0/s1. The molecule has 0 aromatic heterocycles. The predicted octanol–water partition coefficient (Wildman–Crippen LogP) is -10.7. The van der Waals surface area contributed by atoms with Crippen molar-refractivity contribution in [3.63, 3.8) is 0 Å². The van der Waals surface area contributed by atoms with Gasteiger partial charge in [-0.3, -0.25) is 0 Å². The molecule has 8 saturated heterocycles. The van der Waals surface area contributed by atoms with Gasteiger partial charge in [0.15, 0.2) is 37.7 Å². The minimum absolute atomic E-state index is 0.623. The van der Waals surface area contributed by atoms with Gasteiger partial charge in [0.1, 0.15) is 140 Å². The first-order valence-corrected chi connectivity index (χ1v) is 21.7. The zero-order chi connectivity index (χ0) is 48.8. The van der Waals surface area contributed by atoms with Gasteiger partial charge in [-0.05, 0) is 6.92 Å². The van der Waals surface area contributed by atoms with Crippen LogP contribution in [-0.2, 0) is 66.3 Å². The lowest BCUT2D eigenvalue weighted by Crippen LogP contribution is -2.67. The molecule has 390 valence electrons. The first kappa shape index (κ1) is 53.6. The average Bonchev–Trinajstić information content (AvgIpc) is 3.30. The summed E-state index contributed by atoms with van der Waals surface area (Å²) in [4.78, 5) is 0. The third-order valence-electron chi connectivity index (χ3n) is 13.1. The van der Waals surface area contributed by atoms with Gasteiger partial charge in [-0.15, -0.1) is 0 Å². The van der Waals surface area contributed by atoms with Crippen molar-refractivity contribution in [2.24, 2.45) is 0 Å². The highest BCUT2D eigenvalue weighted by Crippen LogP contribution is 2.36. The fourth-order valence-electron chi connectivity index (χ4n) is 9.05. The van der Waals surface area contributed by atoms with Crippen LogP contribution < -0.4 is 0 Å². The number of hydrogen-bond donors (Lipinski definition) is 15. The van der Waals surface area contributed by atoms with E-state index in [0.29, 0.717) is 0 Å². The number of rotatable bonds is 6. The fourth-order valence-corrected chi connectivity index (χ4v) is 9.05. The quantitative estimate of drug-likeness (QED) is 0.117. The van der Waals surface area contributed by atoms with Gasteiger partial charge in [0.2, 0.25) is 0 Å². The third-order valence-corrected chi connectivity index (χ3v) is 13.1. The van der Waals surface area contributed by atoms with Crippen LogP contribution in [0.5, 0.6) is 0 Å². The van der Waals surface area contributed by atoms with Crippen LogP contribution in [0.1, 0.15) is 6.92 Å². The molecule has 8 rings (SSSR count). The van der Waals surface area contributed by atoms with Crippen LogP contribution in [0.2, 0.25) is 0 Å². The van der Waals surface area contributed by atoms with Crippen molar-refractivity contribution in [1.82, 2.24) is 0 Å². The zero-order valence-corrected chi connectivity index (χ0v) is 36.3. The van der Waals surface area contributed by atoms with Gasteiger partial charge in [-0.25, -0.2) is 0 Å². The summed E-state index contributed by atoms with van der Waals surface area (Å²) in [5, 5.41) is 165. The van der Waals surface area contributed by atoms with E-state index < -0.39 is 217 Å². The normalized spacial score (nSPS) is 55.1. The fraction of sp³-hybridized carbons (Fsp3) is 1.00. The highest BCUT2D eigenvalue weighted by Gasteiger charge is 2.57. The molecular weight excluding hydrogens is 920 g/mol. The second-order valence-electron chi connectivity index (χ2n) is 17.4. The van der Waals surface area contributed by atoms with E-state index in [-0.39, 0.29) is 0 Å². The smallest absolute Gasteiger partial charge is 0.187 e. The Labute approximate surface area is 381 Å². The number of aliphatic hydroxyl groups is 15. The van der Waals surface area contributed by atoms with Gasteiger partial charge in [-0.1, -0.05) is 0 Å². The second kappa shape index (κ2) is 22.7. The number of hydrogen-bond acceptors (Lipinski definition) is 29. The molecular formula is C38H64O29. The molecule has 0 unspecified atom stereocenters. The minimum atomic E-state index is -2.15. The lowest BCUT2D eigenvalue weighted by molar-refractivity contribution is -0.394. The highest BCUT2D eigenvalue weighted by molar-refractivity contribution is 4.99. The molecule has 0 spiro atoms. The monoisotopic (exact) mass is 984 g/mol.